The van der Waals surface area contributed by atoms with E-state index >= 15 is 0 Å². The predicted molar refractivity (Wildman–Crippen MR) is 115 cm³/mol. The van der Waals surface area contributed by atoms with Crippen LogP contribution in [0, 0.1) is 0 Å². The van der Waals surface area contributed by atoms with Gasteiger partial charge in [0.25, 0.3) is 11.8 Å². The van der Waals surface area contributed by atoms with Crippen LogP contribution in [0.4, 0.5) is 18.9 Å². The Morgan fingerprint density at radius 1 is 1.22 bits per heavy atom. The minimum Gasteiger partial charge on any atom is -0.514 e. The molecular formula is C20H16B3F3N4O2. The summed E-state index contributed by atoms with van der Waals surface area (Å²) in [7, 11) is 16.0. The molecule has 12 heteroatoms. The van der Waals surface area contributed by atoms with E-state index in [-0.39, 0.29) is 29.1 Å². The molecule has 1 amide bonds. The summed E-state index contributed by atoms with van der Waals surface area (Å²) in [6.07, 6.45) is 0.0601. The van der Waals surface area contributed by atoms with Gasteiger partial charge in [0.1, 0.15) is 40.8 Å². The quantitative estimate of drug-likeness (QED) is 0.718. The van der Waals surface area contributed by atoms with Crippen molar-refractivity contribution in [3.8, 4) is 5.75 Å². The van der Waals surface area contributed by atoms with Crippen molar-refractivity contribution in [2.45, 2.75) is 42.2 Å². The molecule has 158 valence electrons. The number of alkyl halides is 3. The van der Waals surface area contributed by atoms with Gasteiger partial charge >= 0.3 is 0 Å². The zero-order valence-corrected chi connectivity index (χ0v) is 17.0. The van der Waals surface area contributed by atoms with E-state index in [4.69, 9.17) is 34.0 Å². The number of anilines is 1. The number of nitrogens with one attached hydrogen (secondary N) is 1. The molecular weight excluding hydrogens is 418 g/mol. The summed E-state index contributed by atoms with van der Waals surface area (Å²) in [5.74, 6) is -4.37. The third-order valence-electron chi connectivity index (χ3n) is 5.53. The Bertz CT molecular complexity index is 1120. The molecule has 2 atom stereocenters. The molecule has 0 saturated carbocycles. The van der Waals surface area contributed by atoms with Crippen LogP contribution in [0.5, 0.6) is 5.75 Å². The summed E-state index contributed by atoms with van der Waals surface area (Å²) in [5.41, 5.74) is 2.39. The van der Waals surface area contributed by atoms with E-state index in [1.54, 1.807) is 12.1 Å². The molecule has 1 aliphatic heterocycles. The third-order valence-corrected chi connectivity index (χ3v) is 5.53. The van der Waals surface area contributed by atoms with Gasteiger partial charge in [0.05, 0.1) is 12.6 Å². The van der Waals surface area contributed by atoms with E-state index in [9.17, 15) is 18.0 Å². The molecule has 0 fully saturated rings. The topological polar surface area (TPSA) is 89.6 Å². The lowest BCUT2D eigenvalue weighted by atomic mass is 9.52. The van der Waals surface area contributed by atoms with E-state index in [0.717, 1.165) is 6.92 Å². The number of amidine groups is 1. The van der Waals surface area contributed by atoms with Gasteiger partial charge in [0, 0.05) is 12.1 Å². The van der Waals surface area contributed by atoms with Crippen molar-refractivity contribution < 1.29 is 22.7 Å². The fourth-order valence-electron chi connectivity index (χ4n) is 3.92. The Morgan fingerprint density at radius 2 is 1.94 bits per heavy atom. The SMILES string of the molecule is [B]C([B])([B])Oc1ccc(C(=O)Nc2ccc3c(c2)[C@@]2(C3)N=C(N)[C@](C)(F)CC2(F)F)nc1. The van der Waals surface area contributed by atoms with Crippen molar-refractivity contribution in [1.82, 2.24) is 4.98 Å². The van der Waals surface area contributed by atoms with Crippen molar-refractivity contribution >= 4 is 41.0 Å². The number of carbonyl (C=O) groups is 1. The highest BCUT2D eigenvalue weighted by molar-refractivity contribution is 6.58. The minimum atomic E-state index is -3.45. The lowest BCUT2D eigenvalue weighted by Gasteiger charge is -2.50. The van der Waals surface area contributed by atoms with Gasteiger partial charge in [-0.05, 0) is 47.6 Å². The van der Waals surface area contributed by atoms with Crippen LogP contribution in [0.25, 0.3) is 0 Å². The Balaban J connectivity index is 1.57. The largest absolute Gasteiger partial charge is 0.514 e. The number of pyridine rings is 1. The number of aliphatic imine (C=N–C) groups is 1. The van der Waals surface area contributed by atoms with Crippen molar-refractivity contribution in [1.29, 1.82) is 0 Å². The number of aromatic nitrogens is 1. The van der Waals surface area contributed by atoms with Crippen molar-refractivity contribution in [3.63, 3.8) is 0 Å². The zero-order chi connectivity index (χ0) is 23.5. The van der Waals surface area contributed by atoms with Crippen molar-refractivity contribution in [2.24, 2.45) is 10.7 Å². The van der Waals surface area contributed by atoms with Crippen molar-refractivity contribution in [2.75, 3.05) is 5.32 Å². The summed E-state index contributed by atoms with van der Waals surface area (Å²) < 4.78 is 49.2. The maximum atomic E-state index is 14.9. The summed E-state index contributed by atoms with van der Waals surface area (Å²) in [4.78, 5) is 20.3. The van der Waals surface area contributed by atoms with E-state index in [0.29, 0.717) is 5.56 Å². The summed E-state index contributed by atoms with van der Waals surface area (Å²) >= 11 is 0. The molecule has 0 bridgehead atoms. The number of fused-ring (bicyclic) bond motifs is 2. The number of hydrogen-bond donors (Lipinski definition) is 2. The second-order valence-electron chi connectivity index (χ2n) is 8.27. The van der Waals surface area contributed by atoms with Gasteiger partial charge < -0.3 is 15.8 Å². The van der Waals surface area contributed by atoms with Crippen LogP contribution in [-0.4, -0.2) is 57.2 Å². The number of amides is 1. The maximum Gasteiger partial charge on any atom is 0.280 e. The highest BCUT2D eigenvalue weighted by atomic mass is 19.3. The normalized spacial score (nSPS) is 25.9. The molecule has 0 saturated heterocycles. The van der Waals surface area contributed by atoms with Crippen LogP contribution >= 0.6 is 0 Å². The molecule has 32 heavy (non-hydrogen) atoms. The fraction of sp³-hybridized carbons (Fsp3) is 0.350. The number of nitrogens with two attached hydrogens (primary N) is 1. The van der Waals surface area contributed by atoms with Gasteiger partial charge in [-0.15, -0.1) is 0 Å². The molecule has 3 N–H and O–H groups in total. The minimum absolute atomic E-state index is 0.0184. The number of carbonyl (C=O) groups excluding carboxylic acids is 1. The summed E-state index contributed by atoms with van der Waals surface area (Å²) in [6, 6.07) is 7.31. The molecule has 2 aromatic rings. The van der Waals surface area contributed by atoms with E-state index < -0.39 is 40.6 Å². The highest BCUT2D eigenvalue weighted by Crippen LogP contribution is 2.57. The number of halogens is 3. The molecule has 2 heterocycles. The molecule has 2 aliphatic rings. The van der Waals surface area contributed by atoms with Gasteiger partial charge in [-0.25, -0.2) is 18.2 Å². The molecule has 4 rings (SSSR count). The second-order valence-corrected chi connectivity index (χ2v) is 8.27. The molecule has 1 spiro atoms. The van der Waals surface area contributed by atoms with Gasteiger partial charge in [-0.3, -0.25) is 9.79 Å². The van der Waals surface area contributed by atoms with Gasteiger partial charge in [-0.1, -0.05) is 6.07 Å². The van der Waals surface area contributed by atoms with Crippen LogP contribution in [0.2, 0.25) is 0 Å². The van der Waals surface area contributed by atoms with E-state index in [2.05, 4.69) is 15.3 Å². The maximum absolute atomic E-state index is 14.9. The first-order valence-corrected chi connectivity index (χ1v) is 9.61. The lowest BCUT2D eigenvalue weighted by molar-refractivity contribution is -0.120. The Morgan fingerprint density at radius 3 is 2.56 bits per heavy atom. The smallest absolute Gasteiger partial charge is 0.280 e. The number of nitrogens with zero attached hydrogens (tertiary/aromatic N) is 2. The standard InChI is InChI=1S/C20H16B3F3N4O2/c1-17(24)9-19(25,26)18(30-16(17)27)7-10-2-3-11(6-13(10)18)29-15(31)14-5-4-12(8-28-14)32-20(21,22)23/h2-6,8H,7,9H2,1H3,(H2,27,30)(H,29,31)/t17-,18-/m1/s1. The molecule has 6 nitrogen and oxygen atoms in total. The lowest BCUT2D eigenvalue weighted by Crippen LogP contribution is -2.61. The molecule has 0 unspecified atom stereocenters. The van der Waals surface area contributed by atoms with Gasteiger partial charge in [-0.2, -0.15) is 0 Å². The summed E-state index contributed by atoms with van der Waals surface area (Å²) in [6.45, 7) is 0.987. The van der Waals surface area contributed by atoms with Crippen LogP contribution in [0.15, 0.2) is 41.5 Å². The highest BCUT2D eigenvalue weighted by Gasteiger charge is 2.66. The first-order valence-electron chi connectivity index (χ1n) is 9.61. The molecule has 1 aromatic carbocycles. The Hall–Kier alpha value is -2.91. The second kappa shape index (κ2) is 7.05. The number of hydrogen-bond acceptors (Lipinski definition) is 5. The zero-order valence-electron chi connectivity index (χ0n) is 17.0. The van der Waals surface area contributed by atoms with Crippen LogP contribution in [0.3, 0.4) is 0 Å². The van der Waals surface area contributed by atoms with Gasteiger partial charge in [0.2, 0.25) is 0 Å². The average molecular weight is 434 g/mol. The first-order chi connectivity index (χ1) is 14.7. The molecule has 1 aliphatic carbocycles. The van der Waals surface area contributed by atoms with E-state index in [1.165, 1.54) is 24.4 Å². The molecule has 6 radical (unpaired) electrons. The average Bonchev–Trinajstić information content (AvgIpc) is 2.64. The van der Waals surface area contributed by atoms with Gasteiger partial charge in [0.15, 0.2) is 11.2 Å². The van der Waals surface area contributed by atoms with Crippen molar-refractivity contribution in [3.05, 3.63) is 53.3 Å². The van der Waals surface area contributed by atoms with Crippen LogP contribution in [0.1, 0.15) is 35.0 Å². The Kier molecular flexibility index (Phi) is 4.91. The number of ether oxygens (including phenoxy) is 1. The summed E-state index contributed by atoms with van der Waals surface area (Å²) in [5, 5.41) is 0.687. The van der Waals surface area contributed by atoms with Crippen LogP contribution in [-0.2, 0) is 12.0 Å². The number of benzene rings is 1. The predicted octanol–water partition coefficient (Wildman–Crippen LogP) is 1.71. The number of rotatable bonds is 4. The Labute approximate surface area is 186 Å². The third kappa shape index (κ3) is 3.76. The molecule has 1 aromatic heterocycles. The fourth-order valence-corrected chi connectivity index (χ4v) is 3.92. The van der Waals surface area contributed by atoms with E-state index in [1.807, 2.05) is 0 Å². The first kappa shape index (κ1) is 22.3. The van der Waals surface area contributed by atoms with Crippen LogP contribution < -0.4 is 15.8 Å². The monoisotopic (exact) mass is 434 g/mol.